The Labute approximate surface area is 69.9 Å². The number of nitrogens with one attached hydrogen (secondary N) is 1. The van der Waals surface area contributed by atoms with Gasteiger partial charge in [-0.15, -0.1) is 0 Å². The van der Waals surface area contributed by atoms with Crippen molar-refractivity contribution in [3.63, 3.8) is 0 Å². The summed E-state index contributed by atoms with van der Waals surface area (Å²) in [4.78, 5) is 0. The van der Waals surface area contributed by atoms with Crippen molar-refractivity contribution in [2.45, 2.75) is 33.6 Å². The van der Waals surface area contributed by atoms with Crippen molar-refractivity contribution in [2.24, 2.45) is 5.92 Å². The molecule has 0 aromatic heterocycles. The standard InChI is InChI=1S/C10H19N/c1-8(2)9(3)10-5-4-6-11-7-10/h8,11H,4-7H2,1-3H3/b10-9-. The fourth-order valence-electron chi connectivity index (χ4n) is 1.50. The average molecular weight is 153 g/mol. The van der Waals surface area contributed by atoms with E-state index in [0.717, 1.165) is 12.5 Å². The second kappa shape index (κ2) is 3.91. The van der Waals surface area contributed by atoms with Gasteiger partial charge >= 0.3 is 0 Å². The molecule has 0 aromatic rings. The number of hydrogen-bond donors (Lipinski definition) is 1. The fourth-order valence-corrected chi connectivity index (χ4v) is 1.50. The van der Waals surface area contributed by atoms with Gasteiger partial charge in [-0.3, -0.25) is 0 Å². The first-order valence-corrected chi connectivity index (χ1v) is 4.61. The Kier molecular flexibility index (Phi) is 3.13. The van der Waals surface area contributed by atoms with E-state index in [1.165, 1.54) is 19.4 Å². The Balaban J connectivity index is 2.60. The Morgan fingerprint density at radius 1 is 1.45 bits per heavy atom. The van der Waals surface area contributed by atoms with Crippen LogP contribution < -0.4 is 5.32 Å². The van der Waals surface area contributed by atoms with Crippen molar-refractivity contribution in [3.8, 4) is 0 Å². The quantitative estimate of drug-likeness (QED) is 0.570. The van der Waals surface area contributed by atoms with Crippen LogP contribution >= 0.6 is 0 Å². The van der Waals surface area contributed by atoms with E-state index in [-0.39, 0.29) is 0 Å². The van der Waals surface area contributed by atoms with Gasteiger partial charge in [0.05, 0.1) is 0 Å². The maximum Gasteiger partial charge on any atom is 0.0167 e. The van der Waals surface area contributed by atoms with Crippen LogP contribution in [0.25, 0.3) is 0 Å². The van der Waals surface area contributed by atoms with Gasteiger partial charge in [0.2, 0.25) is 0 Å². The lowest BCUT2D eigenvalue weighted by Crippen LogP contribution is -2.25. The van der Waals surface area contributed by atoms with Gasteiger partial charge < -0.3 is 5.32 Å². The van der Waals surface area contributed by atoms with Gasteiger partial charge in [-0.1, -0.05) is 25.0 Å². The van der Waals surface area contributed by atoms with Gasteiger partial charge in [-0.25, -0.2) is 0 Å². The highest BCUT2D eigenvalue weighted by atomic mass is 14.9. The topological polar surface area (TPSA) is 12.0 Å². The summed E-state index contributed by atoms with van der Waals surface area (Å²) in [5.41, 5.74) is 3.24. The minimum absolute atomic E-state index is 0.727. The third-order valence-corrected chi connectivity index (χ3v) is 2.59. The van der Waals surface area contributed by atoms with Crippen molar-refractivity contribution in [2.75, 3.05) is 13.1 Å². The van der Waals surface area contributed by atoms with E-state index in [1.54, 1.807) is 11.1 Å². The molecule has 1 saturated heterocycles. The summed E-state index contributed by atoms with van der Waals surface area (Å²) in [6.45, 7) is 9.15. The zero-order valence-corrected chi connectivity index (χ0v) is 7.91. The molecule has 1 fully saturated rings. The highest BCUT2D eigenvalue weighted by Crippen LogP contribution is 2.19. The highest BCUT2D eigenvalue weighted by molar-refractivity contribution is 5.16. The fraction of sp³-hybridized carbons (Fsp3) is 0.800. The summed E-state index contributed by atoms with van der Waals surface area (Å²) >= 11 is 0. The molecule has 11 heavy (non-hydrogen) atoms. The Hall–Kier alpha value is -0.300. The first-order valence-electron chi connectivity index (χ1n) is 4.61. The van der Waals surface area contributed by atoms with Crippen LogP contribution in [0.2, 0.25) is 0 Å². The molecule has 1 N–H and O–H groups in total. The maximum atomic E-state index is 3.41. The number of piperidine rings is 1. The molecule has 64 valence electrons. The van der Waals surface area contributed by atoms with Crippen LogP contribution in [0, 0.1) is 5.92 Å². The minimum atomic E-state index is 0.727. The molecule has 1 heterocycles. The SMILES string of the molecule is C/C(=C1\CCCNC1)C(C)C. The van der Waals surface area contributed by atoms with Gasteiger partial charge in [-0.05, 0) is 32.2 Å². The normalized spacial score (nSPS) is 24.0. The summed E-state index contributed by atoms with van der Waals surface area (Å²) < 4.78 is 0. The first kappa shape index (κ1) is 8.79. The van der Waals surface area contributed by atoms with Crippen molar-refractivity contribution in [1.29, 1.82) is 0 Å². The van der Waals surface area contributed by atoms with E-state index in [1.807, 2.05) is 0 Å². The lowest BCUT2D eigenvalue weighted by Gasteiger charge is -2.20. The lowest BCUT2D eigenvalue weighted by atomic mass is 9.94. The molecule has 0 atom stereocenters. The lowest BCUT2D eigenvalue weighted by molar-refractivity contribution is 0.590. The molecule has 0 saturated carbocycles. The van der Waals surface area contributed by atoms with E-state index in [2.05, 4.69) is 26.1 Å². The van der Waals surface area contributed by atoms with Gasteiger partial charge in [0.25, 0.3) is 0 Å². The van der Waals surface area contributed by atoms with E-state index >= 15 is 0 Å². The van der Waals surface area contributed by atoms with E-state index in [0.29, 0.717) is 0 Å². The third-order valence-electron chi connectivity index (χ3n) is 2.59. The molecular formula is C10H19N. The first-order chi connectivity index (χ1) is 5.22. The van der Waals surface area contributed by atoms with Crippen LogP contribution in [0.4, 0.5) is 0 Å². The van der Waals surface area contributed by atoms with E-state index in [4.69, 9.17) is 0 Å². The van der Waals surface area contributed by atoms with E-state index in [9.17, 15) is 0 Å². The predicted molar refractivity (Wildman–Crippen MR) is 49.6 cm³/mol. The van der Waals surface area contributed by atoms with Crippen LogP contribution in [0.3, 0.4) is 0 Å². The summed E-state index contributed by atoms with van der Waals surface area (Å²) in [7, 11) is 0. The number of allylic oxidation sites excluding steroid dienone is 1. The molecule has 0 aliphatic carbocycles. The molecule has 0 amide bonds. The number of hydrogen-bond acceptors (Lipinski definition) is 1. The monoisotopic (exact) mass is 153 g/mol. The summed E-state index contributed by atoms with van der Waals surface area (Å²) in [6.07, 6.45) is 2.64. The minimum Gasteiger partial charge on any atom is -0.313 e. The molecule has 0 bridgehead atoms. The molecule has 1 heteroatoms. The van der Waals surface area contributed by atoms with Crippen molar-refractivity contribution >= 4 is 0 Å². The molecular weight excluding hydrogens is 134 g/mol. The maximum absolute atomic E-state index is 3.41. The second-order valence-corrected chi connectivity index (χ2v) is 3.72. The van der Waals surface area contributed by atoms with Crippen molar-refractivity contribution in [3.05, 3.63) is 11.1 Å². The zero-order valence-electron chi connectivity index (χ0n) is 7.91. The predicted octanol–water partition coefficient (Wildman–Crippen LogP) is 2.34. The van der Waals surface area contributed by atoms with E-state index < -0.39 is 0 Å². The Bertz CT molecular complexity index is 148. The molecule has 1 rings (SSSR count). The average Bonchev–Trinajstić information content (AvgIpc) is 2.05. The van der Waals surface area contributed by atoms with Crippen LogP contribution in [0.1, 0.15) is 33.6 Å². The molecule has 1 aliphatic rings. The van der Waals surface area contributed by atoms with Crippen molar-refractivity contribution in [1.82, 2.24) is 5.32 Å². The molecule has 1 aliphatic heterocycles. The molecule has 1 nitrogen and oxygen atoms in total. The third kappa shape index (κ3) is 2.33. The number of rotatable bonds is 1. The molecule has 0 aromatic carbocycles. The summed E-state index contributed by atoms with van der Waals surface area (Å²) in [6, 6.07) is 0. The second-order valence-electron chi connectivity index (χ2n) is 3.72. The van der Waals surface area contributed by atoms with Gasteiger partial charge in [-0.2, -0.15) is 0 Å². The van der Waals surface area contributed by atoms with Gasteiger partial charge in [0.15, 0.2) is 0 Å². The van der Waals surface area contributed by atoms with Crippen molar-refractivity contribution < 1.29 is 0 Å². The van der Waals surface area contributed by atoms with Crippen LogP contribution in [-0.4, -0.2) is 13.1 Å². The van der Waals surface area contributed by atoms with Gasteiger partial charge in [0.1, 0.15) is 0 Å². The van der Waals surface area contributed by atoms with Crippen LogP contribution in [0.5, 0.6) is 0 Å². The zero-order chi connectivity index (χ0) is 8.27. The Morgan fingerprint density at radius 2 is 2.18 bits per heavy atom. The van der Waals surface area contributed by atoms with Gasteiger partial charge in [0, 0.05) is 6.54 Å². The van der Waals surface area contributed by atoms with Crippen LogP contribution in [0.15, 0.2) is 11.1 Å². The summed E-state index contributed by atoms with van der Waals surface area (Å²) in [5, 5.41) is 3.41. The Morgan fingerprint density at radius 3 is 2.64 bits per heavy atom. The molecule has 0 unspecified atom stereocenters. The largest absolute Gasteiger partial charge is 0.313 e. The summed E-state index contributed by atoms with van der Waals surface area (Å²) in [5.74, 6) is 0.727. The molecule has 0 spiro atoms. The molecule has 0 radical (unpaired) electrons. The smallest absolute Gasteiger partial charge is 0.0167 e. The highest BCUT2D eigenvalue weighted by Gasteiger charge is 2.09. The van der Waals surface area contributed by atoms with Crippen LogP contribution in [-0.2, 0) is 0 Å².